The first-order chi connectivity index (χ1) is 28.8. The Morgan fingerprint density at radius 1 is 0.383 bits per heavy atom. The highest BCUT2D eigenvalue weighted by molar-refractivity contribution is 6.23. The molecule has 0 saturated carbocycles. The third kappa shape index (κ3) is 3.97. The summed E-state index contributed by atoms with van der Waals surface area (Å²) in [6.45, 7) is 0. The summed E-state index contributed by atoms with van der Waals surface area (Å²) in [4.78, 5) is 0. The molecule has 0 spiro atoms. The van der Waals surface area contributed by atoms with Gasteiger partial charge in [0.25, 0.3) is 0 Å². The van der Waals surface area contributed by atoms with Crippen molar-refractivity contribution < 1.29 is 22.2 Å². The fraction of sp³-hybridized carbons (Fsp3) is 0. The second-order valence-corrected chi connectivity index (χ2v) is 11.4. The molecule has 1 heteroatoms. The lowest BCUT2D eigenvalue weighted by Gasteiger charge is -2.18. The molecule has 0 radical (unpaired) electrons. The van der Waals surface area contributed by atoms with Crippen LogP contribution in [0.1, 0.15) is 17.8 Å². The maximum absolute atomic E-state index is 9.75. The summed E-state index contributed by atoms with van der Waals surface area (Å²) in [6, 6.07) is 22.1. The summed E-state index contributed by atoms with van der Waals surface area (Å²) in [5, 5.41) is 3.12. The number of hydrogen-bond acceptors (Lipinski definition) is 1. The van der Waals surface area contributed by atoms with Gasteiger partial charge in [0.2, 0.25) is 0 Å². The first kappa shape index (κ1) is 16.4. The molecule has 0 unspecified atom stereocenters. The molecular formula is C46H28O. The zero-order chi connectivity index (χ0) is 42.2. The van der Waals surface area contributed by atoms with E-state index in [1.54, 1.807) is 54.6 Å². The highest BCUT2D eigenvalue weighted by Crippen LogP contribution is 2.45. The van der Waals surface area contributed by atoms with Gasteiger partial charge in [-0.15, -0.1) is 0 Å². The van der Waals surface area contributed by atoms with E-state index >= 15 is 0 Å². The predicted octanol–water partition coefficient (Wildman–Crippen LogP) is 13.2. The number of benzene rings is 9. The van der Waals surface area contributed by atoms with Crippen LogP contribution >= 0.6 is 0 Å². The van der Waals surface area contributed by atoms with Crippen LogP contribution in [-0.2, 0) is 0 Å². The predicted molar refractivity (Wildman–Crippen MR) is 200 cm³/mol. The largest absolute Gasteiger partial charge is 0.455 e. The van der Waals surface area contributed by atoms with Crippen molar-refractivity contribution in [2.75, 3.05) is 0 Å². The van der Waals surface area contributed by atoms with Crippen LogP contribution in [0.2, 0.25) is 0 Å². The molecule has 10 aromatic rings. The van der Waals surface area contributed by atoms with Crippen LogP contribution in [0, 0.1) is 0 Å². The van der Waals surface area contributed by atoms with Crippen LogP contribution in [0.4, 0.5) is 0 Å². The molecule has 218 valence electrons. The molecule has 0 aliphatic rings. The highest BCUT2D eigenvalue weighted by atomic mass is 16.3. The summed E-state index contributed by atoms with van der Waals surface area (Å²) in [7, 11) is 0. The molecule has 1 aromatic heterocycles. The second kappa shape index (κ2) is 10.2. The zero-order valence-corrected chi connectivity index (χ0v) is 24.6. The first-order valence-electron chi connectivity index (χ1n) is 21.6. The van der Waals surface area contributed by atoms with Crippen molar-refractivity contribution in [3.05, 3.63) is 170 Å². The number of fused-ring (bicyclic) bond motifs is 8. The third-order valence-electron chi connectivity index (χ3n) is 8.80. The van der Waals surface area contributed by atoms with E-state index in [1.807, 2.05) is 36.4 Å². The van der Waals surface area contributed by atoms with Crippen LogP contribution in [0.5, 0.6) is 0 Å². The lowest BCUT2D eigenvalue weighted by molar-refractivity contribution is 0.672. The number of rotatable bonds is 3. The standard InChI is InChI=1S/C46H28O/c1-3-13-34-29(10-1)12-9-19-35(34)31-20-22-32(23-21-31)44-37-15-5-7-17-39(37)45(40-18-8-6-16-38(40)44)33-25-27-43-42(28-33)41-26-24-30-11-2-4-14-36(30)46(41)47-43/h1-28H/i2D,4D,11D,14D,20D,21D,22D,23D,24D,25D,26D,27D,28D. The summed E-state index contributed by atoms with van der Waals surface area (Å²) in [5.41, 5.74) is 1.17. The minimum atomic E-state index is -0.579. The Morgan fingerprint density at radius 3 is 1.72 bits per heavy atom. The molecule has 0 aliphatic heterocycles. The average Bonchev–Trinajstić information content (AvgIpc) is 3.66. The molecule has 10 rings (SSSR count). The molecule has 47 heavy (non-hydrogen) atoms. The summed E-state index contributed by atoms with van der Waals surface area (Å²) in [6.07, 6.45) is 0. The van der Waals surface area contributed by atoms with Crippen LogP contribution in [0.3, 0.4) is 0 Å². The zero-order valence-electron chi connectivity index (χ0n) is 37.6. The quantitative estimate of drug-likeness (QED) is 0.182. The van der Waals surface area contributed by atoms with Crippen LogP contribution in [0.15, 0.2) is 174 Å². The van der Waals surface area contributed by atoms with Gasteiger partial charge in [-0.25, -0.2) is 0 Å². The Balaban J connectivity index is 1.32. The van der Waals surface area contributed by atoms with E-state index in [4.69, 9.17) is 12.6 Å². The molecule has 0 aliphatic carbocycles. The van der Waals surface area contributed by atoms with Crippen molar-refractivity contribution >= 4 is 65.0 Å². The molecule has 1 heterocycles. The van der Waals surface area contributed by atoms with E-state index < -0.39 is 42.3 Å². The van der Waals surface area contributed by atoms with E-state index in [0.29, 0.717) is 38.2 Å². The molecule has 0 fully saturated rings. The smallest absolute Gasteiger partial charge is 0.143 e. The molecule has 0 N–H and O–H groups in total. The van der Waals surface area contributed by atoms with Gasteiger partial charge in [0.1, 0.15) is 11.2 Å². The van der Waals surface area contributed by atoms with Gasteiger partial charge in [0.05, 0.1) is 17.8 Å². The van der Waals surface area contributed by atoms with Gasteiger partial charge in [0.15, 0.2) is 0 Å². The van der Waals surface area contributed by atoms with Gasteiger partial charge in [-0.3, -0.25) is 0 Å². The summed E-state index contributed by atoms with van der Waals surface area (Å²) < 4.78 is 124. The van der Waals surface area contributed by atoms with E-state index in [2.05, 4.69) is 0 Å². The Morgan fingerprint density at radius 2 is 0.979 bits per heavy atom. The minimum Gasteiger partial charge on any atom is -0.455 e. The number of furan rings is 1. The molecule has 9 aromatic carbocycles. The van der Waals surface area contributed by atoms with Gasteiger partial charge >= 0.3 is 0 Å². The third-order valence-corrected chi connectivity index (χ3v) is 8.80. The van der Waals surface area contributed by atoms with Crippen molar-refractivity contribution in [3.63, 3.8) is 0 Å². The Bertz CT molecular complexity index is 3500. The van der Waals surface area contributed by atoms with Crippen molar-refractivity contribution in [1.29, 1.82) is 0 Å². The summed E-state index contributed by atoms with van der Waals surface area (Å²) >= 11 is 0. The molecule has 0 atom stereocenters. The molecule has 0 saturated heterocycles. The lowest BCUT2D eigenvalue weighted by atomic mass is 9.85. The van der Waals surface area contributed by atoms with Gasteiger partial charge in [-0.2, -0.15) is 0 Å². The molecular weight excluding hydrogens is 569 g/mol. The average molecular weight is 610 g/mol. The van der Waals surface area contributed by atoms with Gasteiger partial charge < -0.3 is 4.42 Å². The minimum absolute atomic E-state index is 0.000926. The van der Waals surface area contributed by atoms with E-state index in [0.717, 1.165) is 10.8 Å². The Hall–Kier alpha value is -6.18. The van der Waals surface area contributed by atoms with Gasteiger partial charge in [-0.05, 0) is 89.2 Å². The molecule has 1 nitrogen and oxygen atoms in total. The fourth-order valence-electron chi connectivity index (χ4n) is 6.72. The highest BCUT2D eigenvalue weighted by Gasteiger charge is 2.18. The van der Waals surface area contributed by atoms with E-state index in [9.17, 15) is 9.60 Å². The van der Waals surface area contributed by atoms with Crippen molar-refractivity contribution in [3.8, 4) is 33.4 Å². The van der Waals surface area contributed by atoms with Crippen molar-refractivity contribution in [1.82, 2.24) is 0 Å². The second-order valence-electron chi connectivity index (χ2n) is 11.4. The SMILES string of the molecule is [2H]c1c([2H])c(-c2c3ccccc3c(-c3c([2H])c([2H])c4oc5c6c([2H])c([2H])c([2H])c([2H])c6c([2H])c([2H])c5c4c3[2H])c3ccccc23)c([2H])c([2H])c1-c1cccc2ccccc12. The van der Waals surface area contributed by atoms with E-state index in [1.165, 1.54) is 0 Å². The maximum Gasteiger partial charge on any atom is 0.143 e. The fourth-order valence-corrected chi connectivity index (χ4v) is 6.72. The van der Waals surface area contributed by atoms with Gasteiger partial charge in [-0.1, -0.05) is 151 Å². The first-order valence-corrected chi connectivity index (χ1v) is 15.1. The number of hydrogen-bond donors (Lipinski definition) is 0. The Labute approximate surface area is 290 Å². The Kier molecular flexibility index (Phi) is 3.55. The monoisotopic (exact) mass is 609 g/mol. The van der Waals surface area contributed by atoms with Crippen LogP contribution in [-0.4, -0.2) is 0 Å². The van der Waals surface area contributed by atoms with E-state index in [-0.39, 0.29) is 85.7 Å². The normalized spacial score (nSPS) is 15.7. The van der Waals surface area contributed by atoms with Crippen LogP contribution in [0.25, 0.3) is 98.4 Å². The van der Waals surface area contributed by atoms with Crippen molar-refractivity contribution in [2.24, 2.45) is 0 Å². The van der Waals surface area contributed by atoms with Crippen molar-refractivity contribution in [2.45, 2.75) is 0 Å². The van der Waals surface area contributed by atoms with Gasteiger partial charge in [0, 0.05) is 16.2 Å². The molecule has 0 amide bonds. The topological polar surface area (TPSA) is 13.1 Å². The molecule has 0 bridgehead atoms. The lowest BCUT2D eigenvalue weighted by Crippen LogP contribution is -1.91. The maximum atomic E-state index is 9.75. The summed E-state index contributed by atoms with van der Waals surface area (Å²) in [5.74, 6) is 0. The van der Waals surface area contributed by atoms with Crippen LogP contribution < -0.4 is 0 Å².